The molecule has 1 aliphatic rings. The minimum Gasteiger partial charge on any atom is -0.444 e. The third-order valence-electron chi connectivity index (χ3n) is 8.69. The number of carbonyl (C=O) groups is 3. The largest absolute Gasteiger partial charge is 0.444 e. The van der Waals surface area contributed by atoms with Crippen molar-refractivity contribution in [1.82, 2.24) is 9.47 Å². The lowest BCUT2D eigenvalue weighted by molar-refractivity contribution is -0.116. The van der Waals surface area contributed by atoms with Crippen molar-refractivity contribution in [2.75, 3.05) is 0 Å². The first-order chi connectivity index (χ1) is 20.2. The number of fused-ring (bicyclic) bond motifs is 1. The number of amides is 1. The van der Waals surface area contributed by atoms with Crippen molar-refractivity contribution in [3.8, 4) is 0 Å². The number of benzene rings is 2. The molecule has 0 saturated heterocycles. The predicted molar refractivity (Wildman–Crippen MR) is 174 cm³/mol. The third-order valence-corrected chi connectivity index (χ3v) is 15.8. The number of aromatic nitrogens is 1. The van der Waals surface area contributed by atoms with Crippen LogP contribution in [0.15, 0.2) is 72.1 Å². The molecule has 4 rings (SSSR count). The van der Waals surface area contributed by atoms with Crippen LogP contribution in [0.2, 0.25) is 16.6 Å². The fourth-order valence-electron chi connectivity index (χ4n) is 7.12. The van der Waals surface area contributed by atoms with Crippen molar-refractivity contribution < 1.29 is 23.9 Å². The van der Waals surface area contributed by atoms with Gasteiger partial charge in [-0.05, 0) is 60.3 Å². The molecule has 2 heterocycles. The van der Waals surface area contributed by atoms with E-state index < -0.39 is 31.9 Å². The van der Waals surface area contributed by atoms with Crippen LogP contribution in [0, 0.1) is 0 Å². The van der Waals surface area contributed by atoms with Crippen LogP contribution >= 0.6 is 0 Å². The Balaban J connectivity index is 1.90. The third kappa shape index (κ3) is 6.35. The van der Waals surface area contributed by atoms with Gasteiger partial charge in [0.15, 0.2) is 5.78 Å². The molecule has 0 N–H and O–H groups in total. The summed E-state index contributed by atoms with van der Waals surface area (Å²) in [7, 11) is -2.43. The van der Waals surface area contributed by atoms with E-state index in [9.17, 15) is 14.4 Å². The molecule has 0 radical (unpaired) electrons. The second kappa shape index (κ2) is 12.5. The van der Waals surface area contributed by atoms with Crippen molar-refractivity contribution in [2.45, 2.75) is 104 Å². The molecule has 1 aromatic heterocycles. The summed E-state index contributed by atoms with van der Waals surface area (Å²) >= 11 is 0. The van der Waals surface area contributed by atoms with Crippen LogP contribution in [0.3, 0.4) is 0 Å². The Labute approximate surface area is 256 Å². The molecule has 230 valence electrons. The molecule has 1 aliphatic heterocycles. The van der Waals surface area contributed by atoms with E-state index in [1.165, 1.54) is 4.57 Å². The summed E-state index contributed by atoms with van der Waals surface area (Å²) < 4.78 is 13.2. The second-order valence-electron chi connectivity index (χ2n) is 13.5. The average Bonchev–Trinajstić information content (AvgIpc) is 3.31. The number of rotatable bonds is 7. The quantitative estimate of drug-likeness (QED) is 0.252. The van der Waals surface area contributed by atoms with Gasteiger partial charge in [-0.2, -0.15) is 0 Å². The monoisotopic (exact) mass is 602 g/mol. The van der Waals surface area contributed by atoms with Gasteiger partial charge in [0.1, 0.15) is 20.3 Å². The summed E-state index contributed by atoms with van der Waals surface area (Å²) in [4.78, 5) is 43.5. The molecular formula is C35H46N2O5Si. The number of hydrogen-bond acceptors (Lipinski definition) is 5. The van der Waals surface area contributed by atoms with Gasteiger partial charge in [0.25, 0.3) is 0 Å². The van der Waals surface area contributed by atoms with Gasteiger partial charge in [-0.25, -0.2) is 14.2 Å². The van der Waals surface area contributed by atoms with E-state index in [2.05, 4.69) is 41.5 Å². The first-order valence-electron chi connectivity index (χ1n) is 15.3. The summed E-state index contributed by atoms with van der Waals surface area (Å²) in [6.07, 6.45) is 0.706. The number of ketones is 1. The fraction of sp³-hybridized carbons (Fsp3) is 0.457. The normalized spacial score (nSPS) is 16.3. The highest BCUT2D eigenvalue weighted by molar-refractivity contribution is 6.93. The molecule has 0 spiro atoms. The first-order valence-corrected chi connectivity index (χ1v) is 17.5. The van der Waals surface area contributed by atoms with Gasteiger partial charge in [0, 0.05) is 18.0 Å². The zero-order valence-corrected chi connectivity index (χ0v) is 28.0. The van der Waals surface area contributed by atoms with E-state index in [-0.39, 0.29) is 35.4 Å². The SMILES string of the molecule is CC(C)[Si](C1=CN(C(=O)OCc2ccccc2)C(c2cc3ccccc3n2C(=O)OC(C)(C)C)CC1=O)(C(C)C)C(C)C. The van der Waals surface area contributed by atoms with Gasteiger partial charge in [-0.1, -0.05) is 90.1 Å². The Morgan fingerprint density at radius 3 is 2.05 bits per heavy atom. The minimum absolute atomic E-state index is 0.0286. The number of allylic oxidation sites excluding steroid dienone is 1. The predicted octanol–water partition coefficient (Wildman–Crippen LogP) is 9.18. The molecule has 3 aromatic rings. The van der Waals surface area contributed by atoms with Gasteiger partial charge < -0.3 is 9.47 Å². The Hall–Kier alpha value is -3.65. The standard InChI is InChI=1S/C35H46N2O5Si/c1-23(2)43(24(3)4,25(5)6)32-21-36(33(39)41-22-26-15-11-10-12-16-26)29(20-31(32)38)30-19-27-17-13-14-18-28(27)37(30)34(40)42-35(7,8)9/h10-19,21,23-25,29H,20,22H2,1-9H3. The fourth-order valence-corrected chi connectivity index (χ4v) is 13.9. The van der Waals surface area contributed by atoms with E-state index in [1.54, 1.807) is 11.1 Å². The van der Waals surface area contributed by atoms with Gasteiger partial charge in [0.2, 0.25) is 0 Å². The molecule has 0 saturated carbocycles. The summed E-state index contributed by atoms with van der Waals surface area (Å²) in [6.45, 7) is 18.7. The van der Waals surface area contributed by atoms with Crippen LogP contribution in [0.25, 0.3) is 10.9 Å². The van der Waals surface area contributed by atoms with Gasteiger partial charge in [0.05, 0.1) is 17.3 Å². The van der Waals surface area contributed by atoms with Crippen LogP contribution < -0.4 is 0 Å². The summed E-state index contributed by atoms with van der Waals surface area (Å²) in [5.41, 5.74) is 2.12. The van der Waals surface area contributed by atoms with Crippen molar-refractivity contribution in [3.05, 3.63) is 83.3 Å². The van der Waals surface area contributed by atoms with E-state index in [0.717, 1.165) is 16.1 Å². The van der Waals surface area contributed by atoms with E-state index in [0.29, 0.717) is 11.2 Å². The maximum atomic E-state index is 14.3. The van der Waals surface area contributed by atoms with Crippen molar-refractivity contribution >= 4 is 36.9 Å². The maximum Gasteiger partial charge on any atom is 0.419 e. The molecule has 1 amide bonds. The van der Waals surface area contributed by atoms with Gasteiger partial charge >= 0.3 is 12.2 Å². The van der Waals surface area contributed by atoms with Gasteiger partial charge in [-0.3, -0.25) is 9.69 Å². The summed E-state index contributed by atoms with van der Waals surface area (Å²) in [5.74, 6) is 0.0286. The van der Waals surface area contributed by atoms with Gasteiger partial charge in [-0.15, -0.1) is 0 Å². The molecule has 2 aromatic carbocycles. The Kier molecular flexibility index (Phi) is 9.40. The Bertz CT molecular complexity index is 1490. The van der Waals surface area contributed by atoms with E-state index >= 15 is 0 Å². The molecular weight excluding hydrogens is 556 g/mol. The van der Waals surface area contributed by atoms with E-state index in [1.807, 2.05) is 81.4 Å². The van der Waals surface area contributed by atoms with Crippen LogP contribution in [-0.2, 0) is 20.9 Å². The van der Waals surface area contributed by atoms with Crippen molar-refractivity contribution in [3.63, 3.8) is 0 Å². The zero-order valence-electron chi connectivity index (χ0n) is 27.0. The summed E-state index contributed by atoms with van der Waals surface area (Å²) in [6, 6.07) is 18.2. The topological polar surface area (TPSA) is 77.8 Å². The van der Waals surface area contributed by atoms with E-state index in [4.69, 9.17) is 9.47 Å². The zero-order chi connectivity index (χ0) is 31.7. The number of para-hydroxylation sites is 1. The van der Waals surface area contributed by atoms with Crippen molar-refractivity contribution in [1.29, 1.82) is 0 Å². The lowest BCUT2D eigenvalue weighted by Gasteiger charge is -2.47. The van der Waals surface area contributed by atoms with Crippen LogP contribution in [0.5, 0.6) is 0 Å². The Morgan fingerprint density at radius 2 is 1.47 bits per heavy atom. The highest BCUT2D eigenvalue weighted by atomic mass is 28.3. The number of nitrogens with zero attached hydrogens (tertiary/aromatic N) is 2. The smallest absolute Gasteiger partial charge is 0.419 e. The summed E-state index contributed by atoms with van der Waals surface area (Å²) in [5, 5.41) is 1.58. The number of carbonyl (C=O) groups excluding carboxylic acids is 3. The van der Waals surface area contributed by atoms with Crippen LogP contribution in [-0.4, -0.2) is 41.1 Å². The Morgan fingerprint density at radius 1 is 0.884 bits per heavy atom. The minimum atomic E-state index is -2.43. The van der Waals surface area contributed by atoms with Crippen LogP contribution in [0.1, 0.15) is 86.0 Å². The maximum absolute atomic E-state index is 14.3. The second-order valence-corrected chi connectivity index (χ2v) is 19.3. The first kappa shape index (κ1) is 32.3. The molecule has 0 fully saturated rings. The number of ether oxygens (including phenoxy) is 2. The highest BCUT2D eigenvalue weighted by Crippen LogP contribution is 2.49. The highest BCUT2D eigenvalue weighted by Gasteiger charge is 2.51. The molecule has 43 heavy (non-hydrogen) atoms. The lowest BCUT2D eigenvalue weighted by Crippen LogP contribution is -2.52. The molecule has 7 nitrogen and oxygen atoms in total. The number of hydrogen-bond donors (Lipinski definition) is 0. The molecule has 8 heteroatoms. The molecule has 0 aliphatic carbocycles. The number of Topliss-reactive ketones (excluding diaryl/α,β-unsaturated/α-hetero) is 1. The molecule has 1 atom stereocenters. The van der Waals surface area contributed by atoms with Crippen LogP contribution in [0.4, 0.5) is 9.59 Å². The van der Waals surface area contributed by atoms with Crippen molar-refractivity contribution in [2.24, 2.45) is 0 Å². The lowest BCUT2D eigenvalue weighted by atomic mass is 10.0. The average molecular weight is 603 g/mol. The molecule has 1 unspecified atom stereocenters. The molecule has 0 bridgehead atoms.